The molecule has 5 rings (SSSR count). The SMILES string of the molecule is Cc1c(C(NC(=O)Nc2cnc(N3CC4(CNC(=O)CO4)C3)nc2)C(C)C)oc2ccc(F)cc12. The molecule has 0 aliphatic carbocycles. The zero-order chi connectivity index (χ0) is 24.7. The van der Waals surface area contributed by atoms with Crippen molar-refractivity contribution >= 4 is 34.5 Å². The number of hydrogen-bond acceptors (Lipinski definition) is 7. The van der Waals surface area contributed by atoms with Crippen LogP contribution >= 0.6 is 0 Å². The predicted octanol–water partition coefficient (Wildman–Crippen LogP) is 2.89. The van der Waals surface area contributed by atoms with Gasteiger partial charge in [0.15, 0.2) is 0 Å². The van der Waals surface area contributed by atoms with E-state index >= 15 is 0 Å². The van der Waals surface area contributed by atoms with Gasteiger partial charge in [-0.05, 0) is 31.0 Å². The van der Waals surface area contributed by atoms with Crippen LogP contribution in [0.1, 0.15) is 31.2 Å². The van der Waals surface area contributed by atoms with Crippen LogP contribution in [0, 0.1) is 18.7 Å². The Labute approximate surface area is 201 Å². The Morgan fingerprint density at radius 3 is 2.66 bits per heavy atom. The van der Waals surface area contributed by atoms with Crippen LogP contribution in [0.15, 0.2) is 35.0 Å². The normalized spacial score (nSPS) is 17.9. The third kappa shape index (κ3) is 4.51. The maximum Gasteiger partial charge on any atom is 0.319 e. The predicted molar refractivity (Wildman–Crippen MR) is 127 cm³/mol. The monoisotopic (exact) mass is 482 g/mol. The number of nitrogens with one attached hydrogen (secondary N) is 3. The topological polar surface area (TPSA) is 122 Å². The molecule has 3 N–H and O–H groups in total. The lowest BCUT2D eigenvalue weighted by molar-refractivity contribution is -0.146. The molecule has 4 heterocycles. The number of aryl methyl sites for hydroxylation is 1. The van der Waals surface area contributed by atoms with Crippen LogP contribution in [-0.2, 0) is 9.53 Å². The number of carbonyl (C=O) groups is 2. The van der Waals surface area contributed by atoms with Gasteiger partial charge in [-0.3, -0.25) is 4.79 Å². The molecule has 2 aromatic heterocycles. The molecule has 1 spiro atoms. The van der Waals surface area contributed by atoms with E-state index in [0.717, 1.165) is 5.56 Å². The number of ether oxygens (including phenoxy) is 1. The molecule has 0 bridgehead atoms. The summed E-state index contributed by atoms with van der Waals surface area (Å²) in [5, 5.41) is 9.20. The molecule has 1 atom stereocenters. The zero-order valence-electron chi connectivity index (χ0n) is 19.7. The summed E-state index contributed by atoms with van der Waals surface area (Å²) in [4.78, 5) is 34.7. The largest absolute Gasteiger partial charge is 0.459 e. The van der Waals surface area contributed by atoms with Crippen molar-refractivity contribution in [2.75, 3.05) is 36.5 Å². The van der Waals surface area contributed by atoms with E-state index in [1.165, 1.54) is 24.5 Å². The van der Waals surface area contributed by atoms with Crippen molar-refractivity contribution in [3.05, 3.63) is 47.7 Å². The Morgan fingerprint density at radius 1 is 1.26 bits per heavy atom. The van der Waals surface area contributed by atoms with Crippen molar-refractivity contribution in [2.45, 2.75) is 32.4 Å². The first kappa shape index (κ1) is 23.0. The molecule has 10 nitrogen and oxygen atoms in total. The molecular weight excluding hydrogens is 455 g/mol. The number of morpholine rings is 1. The summed E-state index contributed by atoms with van der Waals surface area (Å²) in [6.07, 6.45) is 3.08. The number of urea groups is 1. The maximum absolute atomic E-state index is 13.7. The van der Waals surface area contributed by atoms with E-state index in [2.05, 4.69) is 25.9 Å². The molecule has 2 aliphatic rings. The van der Waals surface area contributed by atoms with Gasteiger partial charge in [-0.15, -0.1) is 0 Å². The van der Waals surface area contributed by atoms with Gasteiger partial charge in [-0.25, -0.2) is 19.2 Å². The highest BCUT2D eigenvalue weighted by molar-refractivity contribution is 5.89. The Hall–Kier alpha value is -3.73. The third-order valence-corrected chi connectivity index (χ3v) is 6.42. The number of carbonyl (C=O) groups excluding carboxylic acids is 2. The molecule has 2 fully saturated rings. The van der Waals surface area contributed by atoms with Crippen molar-refractivity contribution in [3.8, 4) is 0 Å². The molecule has 1 aromatic carbocycles. The first-order valence-electron chi connectivity index (χ1n) is 11.5. The number of rotatable bonds is 5. The number of fused-ring (bicyclic) bond motifs is 1. The molecule has 35 heavy (non-hydrogen) atoms. The number of nitrogens with zero attached hydrogens (tertiary/aromatic N) is 3. The van der Waals surface area contributed by atoms with E-state index in [-0.39, 0.29) is 29.9 Å². The fraction of sp³-hybridized carbons (Fsp3) is 0.417. The van der Waals surface area contributed by atoms with Gasteiger partial charge < -0.3 is 30.0 Å². The molecular formula is C24H27FN6O4. The number of halogens is 1. The summed E-state index contributed by atoms with van der Waals surface area (Å²) in [6.45, 7) is 7.49. The van der Waals surface area contributed by atoms with Crippen molar-refractivity contribution in [3.63, 3.8) is 0 Å². The van der Waals surface area contributed by atoms with Gasteiger partial charge in [-0.1, -0.05) is 13.8 Å². The van der Waals surface area contributed by atoms with Gasteiger partial charge in [0.25, 0.3) is 0 Å². The highest BCUT2D eigenvalue weighted by atomic mass is 19.1. The van der Waals surface area contributed by atoms with Gasteiger partial charge in [0.2, 0.25) is 11.9 Å². The molecule has 3 amide bonds. The van der Waals surface area contributed by atoms with E-state index in [9.17, 15) is 14.0 Å². The number of furan rings is 1. The van der Waals surface area contributed by atoms with Crippen LogP contribution in [0.4, 0.5) is 20.8 Å². The standard InChI is InChI=1S/C24H27FN6O4/c1-13(2)20(21-14(3)17-6-15(25)4-5-18(17)35-21)30-23(33)29-16-7-26-22(27-8-16)31-11-24(12-31)10-28-19(32)9-34-24/h4-8,13,20H,9-12H2,1-3H3,(H,28,32)(H2,29,30,33). The lowest BCUT2D eigenvalue weighted by Gasteiger charge is -2.51. The van der Waals surface area contributed by atoms with Crippen molar-refractivity contribution in [2.24, 2.45) is 5.92 Å². The second-order valence-corrected chi connectivity index (χ2v) is 9.43. The van der Waals surface area contributed by atoms with Crippen LogP contribution in [0.25, 0.3) is 11.0 Å². The average molecular weight is 483 g/mol. The van der Waals surface area contributed by atoms with Crippen molar-refractivity contribution < 1.29 is 23.1 Å². The molecule has 0 saturated carbocycles. The quantitative estimate of drug-likeness (QED) is 0.511. The average Bonchev–Trinajstić information content (AvgIpc) is 3.12. The van der Waals surface area contributed by atoms with Crippen LogP contribution < -0.4 is 20.9 Å². The van der Waals surface area contributed by atoms with E-state index in [1.807, 2.05) is 25.7 Å². The molecule has 11 heteroatoms. The molecule has 1 unspecified atom stereocenters. The number of aromatic nitrogens is 2. The second-order valence-electron chi connectivity index (χ2n) is 9.43. The first-order valence-corrected chi connectivity index (χ1v) is 11.5. The van der Waals surface area contributed by atoms with Gasteiger partial charge in [0, 0.05) is 10.9 Å². The maximum atomic E-state index is 13.7. The number of anilines is 2. The Kier molecular flexibility index (Phi) is 5.79. The highest BCUT2D eigenvalue weighted by Gasteiger charge is 2.47. The number of hydrogen-bond donors (Lipinski definition) is 3. The molecule has 0 radical (unpaired) electrons. The fourth-order valence-electron chi connectivity index (χ4n) is 4.48. The summed E-state index contributed by atoms with van der Waals surface area (Å²) in [5.74, 6) is 0.689. The van der Waals surface area contributed by atoms with Gasteiger partial charge in [0.05, 0.1) is 43.8 Å². The summed E-state index contributed by atoms with van der Waals surface area (Å²) in [7, 11) is 0. The van der Waals surface area contributed by atoms with E-state index < -0.39 is 12.1 Å². The van der Waals surface area contributed by atoms with Crippen molar-refractivity contribution in [1.82, 2.24) is 20.6 Å². The lowest BCUT2D eigenvalue weighted by atomic mass is 9.93. The smallest absolute Gasteiger partial charge is 0.319 e. The lowest BCUT2D eigenvalue weighted by Crippen LogP contribution is -2.71. The number of amides is 3. The van der Waals surface area contributed by atoms with Gasteiger partial charge in [-0.2, -0.15) is 0 Å². The third-order valence-electron chi connectivity index (χ3n) is 6.42. The minimum atomic E-state index is -0.430. The number of benzene rings is 1. The van der Waals surface area contributed by atoms with E-state index in [0.29, 0.717) is 48.0 Å². The van der Waals surface area contributed by atoms with Gasteiger partial charge >= 0.3 is 6.03 Å². The Morgan fingerprint density at radius 2 is 2.00 bits per heavy atom. The van der Waals surface area contributed by atoms with Crippen molar-refractivity contribution in [1.29, 1.82) is 0 Å². The minimum absolute atomic E-state index is 0.0222. The molecule has 3 aromatic rings. The summed E-state index contributed by atoms with van der Waals surface area (Å²) in [6, 6.07) is 3.53. The fourth-order valence-corrected chi connectivity index (χ4v) is 4.48. The van der Waals surface area contributed by atoms with Crippen LogP contribution in [-0.4, -0.2) is 53.7 Å². The van der Waals surface area contributed by atoms with Crippen LogP contribution in [0.2, 0.25) is 0 Å². The van der Waals surface area contributed by atoms with E-state index in [1.54, 1.807) is 6.07 Å². The molecule has 184 valence electrons. The zero-order valence-corrected chi connectivity index (χ0v) is 19.7. The Bertz CT molecular complexity index is 1260. The summed E-state index contributed by atoms with van der Waals surface area (Å²) < 4.78 is 25.3. The summed E-state index contributed by atoms with van der Waals surface area (Å²) in [5.41, 5.74) is 1.42. The molecule has 2 aliphatic heterocycles. The van der Waals surface area contributed by atoms with Crippen LogP contribution in [0.3, 0.4) is 0 Å². The van der Waals surface area contributed by atoms with E-state index in [4.69, 9.17) is 9.15 Å². The first-order chi connectivity index (χ1) is 16.7. The Balaban J connectivity index is 1.22. The molecule has 2 saturated heterocycles. The second kappa shape index (κ2) is 8.81. The summed E-state index contributed by atoms with van der Waals surface area (Å²) >= 11 is 0. The van der Waals surface area contributed by atoms with Gasteiger partial charge in [0.1, 0.15) is 29.4 Å². The highest BCUT2D eigenvalue weighted by Crippen LogP contribution is 2.33. The minimum Gasteiger partial charge on any atom is -0.459 e. The van der Waals surface area contributed by atoms with Crippen LogP contribution in [0.5, 0.6) is 0 Å².